The Labute approximate surface area is 90.1 Å². The predicted molar refractivity (Wildman–Crippen MR) is 49.6 cm³/mol. The van der Waals surface area contributed by atoms with E-state index in [1.54, 1.807) is 12.1 Å². The Kier molecular flexibility index (Phi) is 2.95. The number of rotatable bonds is 0. The Morgan fingerprint density at radius 3 is 2.33 bits per heavy atom. The maximum atomic E-state index is 12.3. The fourth-order valence-corrected chi connectivity index (χ4v) is 1.46. The number of alkyl halides is 3. The van der Waals surface area contributed by atoms with Crippen LogP contribution in [-0.2, 0) is 6.54 Å². The summed E-state index contributed by atoms with van der Waals surface area (Å²) in [5.41, 5.74) is 0.569. The first-order valence-electron chi connectivity index (χ1n) is 3.97. The van der Waals surface area contributed by atoms with Crippen LogP contribution in [0.15, 0.2) is 24.3 Å². The van der Waals surface area contributed by atoms with E-state index in [1.165, 1.54) is 12.1 Å². The third-order valence-corrected chi connectivity index (χ3v) is 2.13. The van der Waals surface area contributed by atoms with Gasteiger partial charge in [0.15, 0.2) is 0 Å². The number of hydrogen-bond acceptors (Lipinski definition) is 1. The van der Waals surface area contributed by atoms with Gasteiger partial charge in [-0.1, -0.05) is 18.2 Å². The first-order chi connectivity index (χ1) is 6.50. The minimum Gasteiger partial charge on any atom is -0.269 e. The van der Waals surface area contributed by atoms with E-state index >= 15 is 0 Å². The van der Waals surface area contributed by atoms with Gasteiger partial charge in [0.05, 0.1) is 6.54 Å². The quantitative estimate of drug-likeness (QED) is 0.635. The molecule has 1 aliphatic heterocycles. The Balaban J connectivity index is 0.00000112. The zero-order valence-electron chi connectivity index (χ0n) is 7.41. The van der Waals surface area contributed by atoms with Crippen LogP contribution in [0.2, 0.25) is 0 Å². The van der Waals surface area contributed by atoms with E-state index in [4.69, 9.17) is 0 Å². The predicted octanol–water partition coefficient (Wildman–Crippen LogP) is 2.58. The third-order valence-electron chi connectivity index (χ3n) is 2.13. The van der Waals surface area contributed by atoms with Crippen molar-refractivity contribution >= 4 is 18.3 Å². The number of hydrogen-bond donors (Lipinski definition) is 0. The number of benzene rings is 1. The summed E-state index contributed by atoms with van der Waals surface area (Å²) >= 11 is 0. The Bertz CT molecular complexity index is 391. The smallest absolute Gasteiger partial charge is 0.269 e. The van der Waals surface area contributed by atoms with Gasteiger partial charge in [0.1, 0.15) is 0 Å². The summed E-state index contributed by atoms with van der Waals surface area (Å²) in [6.07, 6.45) is -4.59. The number of carbonyl (C=O) groups excluding carboxylic acids is 1. The van der Waals surface area contributed by atoms with E-state index in [-0.39, 0.29) is 29.4 Å². The molecule has 1 heterocycles. The van der Waals surface area contributed by atoms with Crippen molar-refractivity contribution < 1.29 is 18.0 Å². The highest BCUT2D eigenvalue weighted by molar-refractivity contribution is 5.98. The maximum absolute atomic E-state index is 12.3. The van der Waals surface area contributed by atoms with Gasteiger partial charge in [-0.25, -0.2) is 4.90 Å². The highest BCUT2D eigenvalue weighted by Gasteiger charge is 2.45. The second-order valence-electron chi connectivity index (χ2n) is 3.02. The Morgan fingerprint density at radius 1 is 1.20 bits per heavy atom. The Hall–Kier alpha value is -1.23. The van der Waals surface area contributed by atoms with Gasteiger partial charge in [0.2, 0.25) is 0 Å². The highest BCUT2D eigenvalue weighted by atomic mass is 35.5. The summed E-state index contributed by atoms with van der Waals surface area (Å²) in [4.78, 5) is 11.2. The monoisotopic (exact) mass is 237 g/mol. The molecule has 0 aromatic heterocycles. The minimum atomic E-state index is -4.59. The van der Waals surface area contributed by atoms with Crippen molar-refractivity contribution in [3.05, 3.63) is 35.4 Å². The molecule has 82 valence electrons. The largest absolute Gasteiger partial charge is 0.487 e. The van der Waals surface area contributed by atoms with Crippen LogP contribution in [0.1, 0.15) is 15.9 Å². The van der Waals surface area contributed by atoms with Crippen molar-refractivity contribution in [2.75, 3.05) is 0 Å². The van der Waals surface area contributed by atoms with Gasteiger partial charge in [-0.3, -0.25) is 4.79 Å². The fraction of sp³-hybridized carbons (Fsp3) is 0.222. The molecule has 15 heavy (non-hydrogen) atoms. The van der Waals surface area contributed by atoms with Crippen LogP contribution < -0.4 is 0 Å². The lowest BCUT2D eigenvalue weighted by atomic mass is 10.1. The second-order valence-corrected chi connectivity index (χ2v) is 3.02. The molecule has 0 fully saturated rings. The molecule has 0 saturated carbocycles. The molecule has 1 amide bonds. The average molecular weight is 238 g/mol. The van der Waals surface area contributed by atoms with Crippen molar-refractivity contribution in [2.24, 2.45) is 0 Å². The summed E-state index contributed by atoms with van der Waals surface area (Å²) < 4.78 is 36.8. The van der Waals surface area contributed by atoms with E-state index < -0.39 is 12.2 Å². The summed E-state index contributed by atoms with van der Waals surface area (Å²) in [6, 6.07) is 6.10. The summed E-state index contributed by atoms with van der Waals surface area (Å²) in [6.45, 7) is -0.376. The molecule has 1 aromatic rings. The molecule has 0 unspecified atom stereocenters. The molecule has 0 saturated heterocycles. The van der Waals surface area contributed by atoms with Crippen LogP contribution in [0, 0.1) is 0 Å². The summed E-state index contributed by atoms with van der Waals surface area (Å²) in [5, 5.41) is 0. The van der Waals surface area contributed by atoms with Crippen molar-refractivity contribution in [1.82, 2.24) is 4.90 Å². The standard InChI is InChI=1S/C9H6F3NO.ClH/c10-9(11,12)13-5-6-3-1-2-4-7(6)8(13)14;/h1-4H,5H2;1H. The molecule has 0 bridgehead atoms. The third kappa shape index (κ3) is 1.92. The molecule has 0 spiro atoms. The van der Waals surface area contributed by atoms with Gasteiger partial charge >= 0.3 is 6.30 Å². The average Bonchev–Trinajstić information content (AvgIpc) is 2.44. The number of halogens is 4. The lowest BCUT2D eigenvalue weighted by Crippen LogP contribution is -2.37. The van der Waals surface area contributed by atoms with Crippen molar-refractivity contribution in [2.45, 2.75) is 12.8 Å². The first-order valence-corrected chi connectivity index (χ1v) is 3.97. The summed E-state index contributed by atoms with van der Waals surface area (Å²) in [5.74, 6) is -0.965. The molecular formula is C9H7ClF3NO. The van der Waals surface area contributed by atoms with E-state index in [2.05, 4.69) is 0 Å². The minimum absolute atomic E-state index is 0. The van der Waals surface area contributed by atoms with Crippen molar-refractivity contribution in [1.29, 1.82) is 0 Å². The molecule has 0 atom stereocenters. The van der Waals surface area contributed by atoms with Crippen LogP contribution in [0.4, 0.5) is 13.2 Å². The maximum Gasteiger partial charge on any atom is 0.487 e. The van der Waals surface area contributed by atoms with Gasteiger partial charge in [-0.2, -0.15) is 0 Å². The van der Waals surface area contributed by atoms with Crippen LogP contribution in [0.5, 0.6) is 0 Å². The fourth-order valence-electron chi connectivity index (χ4n) is 1.46. The summed E-state index contributed by atoms with van der Waals surface area (Å²) in [7, 11) is 0. The molecule has 2 rings (SSSR count). The molecule has 0 radical (unpaired) electrons. The molecule has 1 aromatic carbocycles. The molecule has 0 N–H and O–H groups in total. The van der Waals surface area contributed by atoms with E-state index in [9.17, 15) is 18.0 Å². The zero-order chi connectivity index (χ0) is 10.3. The van der Waals surface area contributed by atoms with Gasteiger partial charge in [0.25, 0.3) is 5.91 Å². The lowest BCUT2D eigenvalue weighted by Gasteiger charge is -2.18. The van der Waals surface area contributed by atoms with Crippen molar-refractivity contribution in [3.63, 3.8) is 0 Å². The molecule has 1 aliphatic rings. The van der Waals surface area contributed by atoms with Crippen LogP contribution in [0.3, 0.4) is 0 Å². The topological polar surface area (TPSA) is 20.3 Å². The molecular weight excluding hydrogens is 231 g/mol. The normalized spacial score (nSPS) is 14.9. The Morgan fingerprint density at radius 2 is 1.80 bits per heavy atom. The van der Waals surface area contributed by atoms with E-state index in [0.717, 1.165) is 0 Å². The van der Waals surface area contributed by atoms with E-state index in [0.29, 0.717) is 5.56 Å². The first kappa shape index (κ1) is 11.8. The van der Waals surface area contributed by atoms with Crippen LogP contribution >= 0.6 is 12.4 Å². The number of amides is 1. The zero-order valence-corrected chi connectivity index (χ0v) is 8.23. The number of carbonyl (C=O) groups is 1. The van der Waals surface area contributed by atoms with Crippen molar-refractivity contribution in [3.8, 4) is 0 Å². The number of nitrogens with zero attached hydrogens (tertiary/aromatic N) is 1. The van der Waals surface area contributed by atoms with Gasteiger partial charge in [-0.15, -0.1) is 25.6 Å². The van der Waals surface area contributed by atoms with Gasteiger partial charge in [0, 0.05) is 5.56 Å². The van der Waals surface area contributed by atoms with Crippen LogP contribution in [-0.4, -0.2) is 17.1 Å². The molecule has 2 nitrogen and oxygen atoms in total. The SMILES string of the molecule is Cl.O=C1c2ccccc2CN1C(F)(F)F. The molecule has 6 heteroatoms. The lowest BCUT2D eigenvalue weighted by molar-refractivity contribution is -0.225. The van der Waals surface area contributed by atoms with Gasteiger partial charge in [-0.05, 0) is 11.6 Å². The highest BCUT2D eigenvalue weighted by Crippen LogP contribution is 2.31. The molecule has 0 aliphatic carbocycles. The van der Waals surface area contributed by atoms with Gasteiger partial charge < -0.3 is 0 Å². The van der Waals surface area contributed by atoms with Crippen LogP contribution in [0.25, 0.3) is 0 Å². The number of fused-ring (bicyclic) bond motifs is 1. The van der Waals surface area contributed by atoms with E-state index in [1.807, 2.05) is 0 Å². The second kappa shape index (κ2) is 3.73.